The predicted molar refractivity (Wildman–Crippen MR) is 83.4 cm³/mol. The van der Waals surface area contributed by atoms with Gasteiger partial charge in [-0.1, -0.05) is 19.3 Å². The third kappa shape index (κ3) is 4.99. The highest BCUT2D eigenvalue weighted by Crippen LogP contribution is 2.65. The summed E-state index contributed by atoms with van der Waals surface area (Å²) in [6.45, 7) is 6.03. The van der Waals surface area contributed by atoms with E-state index in [9.17, 15) is 14.9 Å². The van der Waals surface area contributed by atoms with Crippen LogP contribution in [0.25, 0.3) is 0 Å². The number of hydroxylamine groups is 2. The van der Waals surface area contributed by atoms with E-state index in [2.05, 4.69) is 0 Å². The summed E-state index contributed by atoms with van der Waals surface area (Å²) in [5, 5.41) is 29.0. The van der Waals surface area contributed by atoms with E-state index in [4.69, 9.17) is 14.3 Å². The largest absolute Gasteiger partial charge is 0.762 e. The lowest BCUT2D eigenvalue weighted by Gasteiger charge is -2.45. The van der Waals surface area contributed by atoms with Gasteiger partial charge in [-0.05, 0) is 40.5 Å². The van der Waals surface area contributed by atoms with E-state index in [0.717, 1.165) is 19.3 Å². The van der Waals surface area contributed by atoms with E-state index < -0.39 is 37.6 Å². The molecule has 0 amide bonds. The molecule has 0 aromatic heterocycles. The van der Waals surface area contributed by atoms with Gasteiger partial charge in [0.15, 0.2) is 5.34 Å². The molecule has 1 rings (SSSR count). The monoisotopic (exact) mass is 338 g/mol. The molecule has 1 saturated carbocycles. The molecule has 0 saturated heterocycles. The minimum absolute atomic E-state index is 0.380. The summed E-state index contributed by atoms with van der Waals surface area (Å²) in [5.74, 6) is -0.409. The van der Waals surface area contributed by atoms with Gasteiger partial charge in [-0.25, -0.2) is 0 Å². The number of aliphatic hydroxyl groups is 1. The van der Waals surface area contributed by atoms with Crippen LogP contribution in [0.2, 0.25) is 0 Å². The second-order valence-electron chi connectivity index (χ2n) is 6.53. The molecular formula is C14H29NO6P-. The number of rotatable bonds is 8. The van der Waals surface area contributed by atoms with Crippen molar-refractivity contribution in [2.24, 2.45) is 5.92 Å². The van der Waals surface area contributed by atoms with Crippen molar-refractivity contribution in [1.82, 2.24) is 5.23 Å². The Bertz CT molecular complexity index is 370. The van der Waals surface area contributed by atoms with Crippen molar-refractivity contribution in [3.8, 4) is 0 Å². The minimum atomic E-state index is -4.02. The number of hydrogen-bond acceptors (Lipinski definition) is 7. The predicted octanol–water partition coefficient (Wildman–Crippen LogP) is 3.49. The summed E-state index contributed by atoms with van der Waals surface area (Å²) in [7, 11) is -4.02. The Morgan fingerprint density at radius 3 is 2.00 bits per heavy atom. The van der Waals surface area contributed by atoms with E-state index in [0.29, 0.717) is 12.8 Å². The molecule has 1 atom stereocenters. The molecule has 0 aromatic rings. The summed E-state index contributed by atoms with van der Waals surface area (Å²) in [5.41, 5.74) is 0. The van der Waals surface area contributed by atoms with Crippen molar-refractivity contribution < 1.29 is 23.9 Å². The van der Waals surface area contributed by atoms with E-state index in [1.807, 2.05) is 0 Å². The topological polar surface area (TPSA) is 102 Å². The molecule has 22 heavy (non-hydrogen) atoms. The molecule has 132 valence electrons. The van der Waals surface area contributed by atoms with Gasteiger partial charge in [-0.2, -0.15) is 0 Å². The zero-order valence-electron chi connectivity index (χ0n) is 13.9. The first-order chi connectivity index (χ1) is 10.1. The molecule has 0 radical (unpaired) electrons. The fourth-order valence-corrected chi connectivity index (χ4v) is 5.49. The lowest BCUT2D eigenvalue weighted by molar-refractivity contribution is -0.109. The number of hydrogen-bond donors (Lipinski definition) is 2. The molecule has 1 aliphatic carbocycles. The van der Waals surface area contributed by atoms with Crippen LogP contribution in [0.5, 0.6) is 0 Å². The van der Waals surface area contributed by atoms with Gasteiger partial charge in [-0.3, -0.25) is 9.79 Å². The maximum absolute atomic E-state index is 13.3. The first-order valence-corrected chi connectivity index (χ1v) is 9.48. The van der Waals surface area contributed by atoms with E-state index in [-0.39, 0.29) is 5.23 Å². The van der Waals surface area contributed by atoms with Crippen LogP contribution in [0, 0.1) is 11.1 Å². The van der Waals surface area contributed by atoms with Crippen LogP contribution >= 0.6 is 7.60 Å². The van der Waals surface area contributed by atoms with Crippen molar-refractivity contribution in [2.45, 2.75) is 77.3 Å². The Kier molecular flexibility index (Phi) is 7.46. The molecule has 7 nitrogen and oxygen atoms in total. The van der Waals surface area contributed by atoms with E-state index in [1.54, 1.807) is 27.7 Å². The van der Waals surface area contributed by atoms with Crippen LogP contribution < -0.4 is 0 Å². The van der Waals surface area contributed by atoms with Gasteiger partial charge in [-0.15, -0.1) is 0 Å². The Hall–Kier alpha value is -0.0100. The van der Waals surface area contributed by atoms with Crippen LogP contribution in [0.15, 0.2) is 0 Å². The number of nitrogens with zero attached hydrogens (tertiary/aromatic N) is 1. The quantitative estimate of drug-likeness (QED) is 0.516. The van der Waals surface area contributed by atoms with Crippen molar-refractivity contribution in [2.75, 3.05) is 6.54 Å². The molecule has 0 spiro atoms. The second kappa shape index (κ2) is 8.20. The second-order valence-corrected chi connectivity index (χ2v) is 8.72. The Morgan fingerprint density at radius 1 is 1.18 bits per heavy atom. The van der Waals surface area contributed by atoms with E-state index in [1.165, 1.54) is 0 Å². The highest BCUT2D eigenvalue weighted by molar-refractivity contribution is 7.55. The fourth-order valence-electron chi connectivity index (χ4n) is 2.97. The van der Waals surface area contributed by atoms with E-state index >= 15 is 0 Å². The average Bonchev–Trinajstić information content (AvgIpc) is 2.36. The zero-order chi connectivity index (χ0) is 17.0. The van der Waals surface area contributed by atoms with Crippen LogP contribution in [-0.4, -0.2) is 39.6 Å². The standard InChI is InChI=1S/C14H29NO6P/c1-11(2)20-22(19,21-12(3)4)14(16,10-15(17)18)13-8-6-5-7-9-13/h11-13,16-17H,5-10H2,1-4H3/q-1/t14-/m0/s1. The fraction of sp³-hybridized carbons (Fsp3) is 1.00. The first kappa shape index (κ1) is 20.0. The SMILES string of the molecule is CC(C)OP(=O)(OC(C)C)[C@@](O)(CN([O-])O)C1CCCCC1. The van der Waals surface area contributed by atoms with Gasteiger partial charge < -0.3 is 24.6 Å². The highest BCUT2D eigenvalue weighted by atomic mass is 31.2. The maximum Gasteiger partial charge on any atom is 0.364 e. The van der Waals surface area contributed by atoms with Crippen LogP contribution in [-0.2, 0) is 13.6 Å². The van der Waals surface area contributed by atoms with Crippen molar-refractivity contribution in [3.05, 3.63) is 5.21 Å². The molecule has 0 aromatic carbocycles. The smallest absolute Gasteiger partial charge is 0.364 e. The maximum atomic E-state index is 13.3. The third-order valence-electron chi connectivity index (χ3n) is 3.80. The summed E-state index contributed by atoms with van der Waals surface area (Å²) in [6, 6.07) is 0. The van der Waals surface area contributed by atoms with Gasteiger partial charge in [0.1, 0.15) is 0 Å². The first-order valence-electron chi connectivity index (χ1n) is 7.93. The Morgan fingerprint density at radius 2 is 1.64 bits per heavy atom. The summed E-state index contributed by atoms with van der Waals surface area (Å²) >= 11 is 0. The van der Waals surface area contributed by atoms with Crippen molar-refractivity contribution in [1.29, 1.82) is 0 Å². The summed E-state index contributed by atoms with van der Waals surface area (Å²) in [4.78, 5) is 0. The Labute approximate surface area is 132 Å². The third-order valence-corrected chi connectivity index (χ3v) is 6.65. The molecule has 1 fully saturated rings. The molecule has 0 aliphatic heterocycles. The zero-order valence-corrected chi connectivity index (χ0v) is 14.8. The van der Waals surface area contributed by atoms with Gasteiger partial charge in [0.2, 0.25) is 0 Å². The van der Waals surface area contributed by atoms with Gasteiger partial charge in [0, 0.05) is 5.92 Å². The normalized spacial score (nSPS) is 20.8. The lowest BCUT2D eigenvalue weighted by atomic mass is 9.85. The molecule has 0 bridgehead atoms. The van der Waals surface area contributed by atoms with Crippen molar-refractivity contribution >= 4 is 7.60 Å². The minimum Gasteiger partial charge on any atom is -0.762 e. The highest BCUT2D eigenvalue weighted by Gasteiger charge is 2.56. The van der Waals surface area contributed by atoms with Crippen molar-refractivity contribution in [3.63, 3.8) is 0 Å². The molecule has 0 heterocycles. The molecule has 0 unspecified atom stereocenters. The summed E-state index contributed by atoms with van der Waals surface area (Å²) in [6.07, 6.45) is 3.14. The van der Waals surface area contributed by atoms with Crippen LogP contribution in [0.1, 0.15) is 59.8 Å². The summed E-state index contributed by atoms with van der Waals surface area (Å²) < 4.78 is 24.3. The Balaban J connectivity index is 3.19. The molecule has 8 heteroatoms. The lowest BCUT2D eigenvalue weighted by Crippen LogP contribution is -2.48. The molecular weight excluding hydrogens is 309 g/mol. The molecule has 2 N–H and O–H groups in total. The molecule has 1 aliphatic rings. The van der Waals surface area contributed by atoms with Gasteiger partial charge in [0.25, 0.3) is 0 Å². The van der Waals surface area contributed by atoms with Gasteiger partial charge in [0.05, 0.1) is 18.8 Å². The average molecular weight is 338 g/mol. The van der Waals surface area contributed by atoms with Gasteiger partial charge >= 0.3 is 7.60 Å². The van der Waals surface area contributed by atoms with Crippen LogP contribution in [0.4, 0.5) is 0 Å². The van der Waals surface area contributed by atoms with Crippen LogP contribution in [0.3, 0.4) is 0 Å².